The zero-order valence-electron chi connectivity index (χ0n) is 14.7. The van der Waals surface area contributed by atoms with Crippen molar-refractivity contribution >= 4 is 17.4 Å². The lowest BCUT2D eigenvalue weighted by Crippen LogP contribution is -2.68. The van der Waals surface area contributed by atoms with Crippen LogP contribution in [0.1, 0.15) is 18.6 Å². The lowest BCUT2D eigenvalue weighted by Gasteiger charge is -2.45. The van der Waals surface area contributed by atoms with Crippen molar-refractivity contribution in [1.82, 2.24) is 4.81 Å². The first-order valence-corrected chi connectivity index (χ1v) is 8.94. The van der Waals surface area contributed by atoms with Crippen molar-refractivity contribution < 1.29 is 4.65 Å². The lowest BCUT2D eigenvalue weighted by molar-refractivity contribution is 0.208. The summed E-state index contributed by atoms with van der Waals surface area (Å²) in [5.41, 5.74) is 3.68. The van der Waals surface area contributed by atoms with Crippen molar-refractivity contribution in [3.8, 4) is 0 Å². The highest BCUT2D eigenvalue weighted by Crippen LogP contribution is 2.37. The first-order valence-electron chi connectivity index (χ1n) is 8.94. The van der Waals surface area contributed by atoms with Crippen molar-refractivity contribution in [3.63, 3.8) is 0 Å². The molecule has 1 saturated heterocycles. The van der Waals surface area contributed by atoms with Gasteiger partial charge in [0.05, 0.1) is 6.10 Å². The summed E-state index contributed by atoms with van der Waals surface area (Å²) in [5.74, 6) is 0. The van der Waals surface area contributed by atoms with Crippen LogP contribution in [0.4, 0.5) is 0 Å². The molecule has 25 heavy (non-hydrogen) atoms. The molecule has 0 N–H and O–H groups in total. The summed E-state index contributed by atoms with van der Waals surface area (Å²) in [7, 11) is 2.19. The summed E-state index contributed by atoms with van der Waals surface area (Å²) < 4.78 is 6.92. The number of hydrogen-bond acceptors (Lipinski definition) is 2. The van der Waals surface area contributed by atoms with Gasteiger partial charge in [-0.3, -0.25) is 0 Å². The molecule has 0 saturated carbocycles. The van der Waals surface area contributed by atoms with E-state index in [4.69, 9.17) is 4.65 Å². The van der Waals surface area contributed by atoms with E-state index >= 15 is 0 Å². The third-order valence-electron chi connectivity index (χ3n) is 5.63. The maximum atomic E-state index is 6.92. The van der Waals surface area contributed by atoms with Gasteiger partial charge in [-0.1, -0.05) is 97.9 Å². The summed E-state index contributed by atoms with van der Waals surface area (Å²) in [6, 6.07) is 32.1. The molecule has 126 valence electrons. The SMILES string of the molecule is C[C@@H]1[C@H](c2ccccc2)O[B-](c2ccccc2)(c2ccccc2)N1C. The van der Waals surface area contributed by atoms with E-state index in [0.717, 1.165) is 0 Å². The van der Waals surface area contributed by atoms with E-state index < -0.39 is 6.48 Å². The zero-order valence-corrected chi connectivity index (χ0v) is 14.7. The third-order valence-corrected chi connectivity index (χ3v) is 5.63. The Labute approximate surface area is 150 Å². The van der Waals surface area contributed by atoms with Gasteiger partial charge in [-0.25, -0.2) is 0 Å². The van der Waals surface area contributed by atoms with Gasteiger partial charge in [0.25, 0.3) is 0 Å². The monoisotopic (exact) mass is 328 g/mol. The maximum Gasteiger partial charge on any atom is 0.242 e. The van der Waals surface area contributed by atoms with Gasteiger partial charge < -0.3 is 9.47 Å². The van der Waals surface area contributed by atoms with Crippen LogP contribution in [0.5, 0.6) is 0 Å². The molecule has 3 aromatic rings. The van der Waals surface area contributed by atoms with Crippen LogP contribution in [-0.2, 0) is 4.65 Å². The summed E-state index contributed by atoms with van der Waals surface area (Å²) in [4.78, 5) is 2.42. The summed E-state index contributed by atoms with van der Waals surface area (Å²) >= 11 is 0. The lowest BCUT2D eigenvalue weighted by atomic mass is 9.41. The molecule has 0 aliphatic carbocycles. The minimum atomic E-state index is -1.43. The minimum absolute atomic E-state index is 0.0478. The second-order valence-electron chi connectivity index (χ2n) is 6.94. The number of benzene rings is 3. The van der Waals surface area contributed by atoms with Crippen LogP contribution < -0.4 is 10.9 Å². The van der Waals surface area contributed by atoms with Crippen LogP contribution in [0.25, 0.3) is 0 Å². The quantitative estimate of drug-likeness (QED) is 0.684. The molecule has 4 rings (SSSR count). The molecule has 0 spiro atoms. The fraction of sp³-hybridized carbons (Fsp3) is 0.182. The molecule has 1 aliphatic heterocycles. The highest BCUT2D eigenvalue weighted by molar-refractivity contribution is 6.95. The average molecular weight is 328 g/mol. The molecule has 0 amide bonds. The number of hydrogen-bond donors (Lipinski definition) is 0. The van der Waals surface area contributed by atoms with E-state index in [1.54, 1.807) is 0 Å². The number of rotatable bonds is 3. The van der Waals surface area contributed by atoms with Crippen LogP contribution >= 0.6 is 0 Å². The number of likely N-dealkylation sites (N-methyl/N-ethyl adjacent to an activating group) is 1. The number of nitrogens with zero attached hydrogens (tertiary/aromatic N) is 1. The Kier molecular flexibility index (Phi) is 4.20. The van der Waals surface area contributed by atoms with Gasteiger partial charge in [-0.2, -0.15) is 10.9 Å². The Morgan fingerprint density at radius 3 is 1.64 bits per heavy atom. The molecule has 3 heteroatoms. The molecule has 1 heterocycles. The second kappa shape index (κ2) is 6.51. The largest absolute Gasteiger partial charge is 0.563 e. The van der Waals surface area contributed by atoms with Crippen LogP contribution in [0, 0.1) is 0 Å². The standard InChI is InChI=1S/C22H23BNO/c1-18-22(19-12-6-3-7-13-19)25-23(24(18)2,20-14-8-4-9-15-20)21-16-10-5-11-17-21/h3-18,22H,1-2H3/q-1/t18-,22-/m1/s1. The normalized spacial score (nSPS) is 22.8. The van der Waals surface area contributed by atoms with E-state index in [1.807, 2.05) is 0 Å². The molecule has 2 atom stereocenters. The van der Waals surface area contributed by atoms with Gasteiger partial charge in [-0.15, -0.1) is 0 Å². The first kappa shape index (κ1) is 16.1. The molecule has 1 aliphatic rings. The summed E-state index contributed by atoms with van der Waals surface area (Å²) in [6.45, 7) is 0.829. The highest BCUT2D eigenvalue weighted by atomic mass is 16.5. The summed E-state index contributed by atoms with van der Waals surface area (Å²) in [6.07, 6.45) is 0.0478. The predicted octanol–water partition coefficient (Wildman–Crippen LogP) is 3.33. The van der Waals surface area contributed by atoms with Crippen LogP contribution in [0.3, 0.4) is 0 Å². The van der Waals surface area contributed by atoms with Crippen molar-refractivity contribution in [2.24, 2.45) is 0 Å². The Hall–Kier alpha value is -2.36. The van der Waals surface area contributed by atoms with Gasteiger partial charge >= 0.3 is 0 Å². The van der Waals surface area contributed by atoms with E-state index in [1.165, 1.54) is 16.5 Å². The van der Waals surface area contributed by atoms with E-state index in [2.05, 4.69) is 110 Å². The van der Waals surface area contributed by atoms with Gasteiger partial charge in [0.1, 0.15) is 0 Å². The summed E-state index contributed by atoms with van der Waals surface area (Å²) in [5, 5.41) is 0. The van der Waals surface area contributed by atoms with Gasteiger partial charge in [0, 0.05) is 0 Å². The van der Waals surface area contributed by atoms with Gasteiger partial charge in [0.15, 0.2) is 0 Å². The fourth-order valence-corrected chi connectivity index (χ4v) is 4.21. The smallest absolute Gasteiger partial charge is 0.242 e. The van der Waals surface area contributed by atoms with Crippen LogP contribution in [0.15, 0.2) is 91.0 Å². The topological polar surface area (TPSA) is 12.5 Å². The molecular formula is C22H23BNO-. The van der Waals surface area contributed by atoms with Crippen LogP contribution in [0.2, 0.25) is 0 Å². The molecule has 2 nitrogen and oxygen atoms in total. The molecular weight excluding hydrogens is 305 g/mol. The Bertz CT molecular complexity index is 783. The van der Waals surface area contributed by atoms with Gasteiger partial charge in [0.2, 0.25) is 6.48 Å². The maximum absolute atomic E-state index is 6.92. The van der Waals surface area contributed by atoms with E-state index in [-0.39, 0.29) is 12.1 Å². The fourth-order valence-electron chi connectivity index (χ4n) is 4.21. The van der Waals surface area contributed by atoms with Crippen molar-refractivity contribution in [2.45, 2.75) is 19.1 Å². The molecule has 0 aromatic heterocycles. The predicted molar refractivity (Wildman–Crippen MR) is 105 cm³/mol. The molecule has 0 radical (unpaired) electrons. The second-order valence-corrected chi connectivity index (χ2v) is 6.94. The van der Waals surface area contributed by atoms with Crippen molar-refractivity contribution in [1.29, 1.82) is 0 Å². The Balaban J connectivity index is 1.87. The zero-order chi connectivity index (χ0) is 17.3. The van der Waals surface area contributed by atoms with Crippen molar-refractivity contribution in [2.75, 3.05) is 7.05 Å². The highest BCUT2D eigenvalue weighted by Gasteiger charge is 2.45. The minimum Gasteiger partial charge on any atom is -0.563 e. The molecule has 3 aromatic carbocycles. The Morgan fingerprint density at radius 2 is 1.16 bits per heavy atom. The van der Waals surface area contributed by atoms with Gasteiger partial charge in [-0.05, 0) is 18.7 Å². The Morgan fingerprint density at radius 1 is 0.720 bits per heavy atom. The average Bonchev–Trinajstić information content (AvgIpc) is 2.96. The van der Waals surface area contributed by atoms with Crippen LogP contribution in [-0.4, -0.2) is 24.4 Å². The van der Waals surface area contributed by atoms with E-state index in [9.17, 15) is 0 Å². The third kappa shape index (κ3) is 2.60. The molecule has 1 fully saturated rings. The first-order chi connectivity index (χ1) is 12.2. The van der Waals surface area contributed by atoms with Crippen molar-refractivity contribution in [3.05, 3.63) is 96.6 Å². The van der Waals surface area contributed by atoms with E-state index in [0.29, 0.717) is 0 Å². The molecule has 0 bridgehead atoms. The molecule has 0 unspecified atom stereocenters.